The highest BCUT2D eigenvalue weighted by atomic mass is 16.4. The predicted molar refractivity (Wildman–Crippen MR) is 63.7 cm³/mol. The molecule has 7 heteroatoms. The van der Waals surface area contributed by atoms with Gasteiger partial charge < -0.3 is 15.7 Å². The smallest absolute Gasteiger partial charge is 0.327 e. The number of carbonyl (C=O) groups is 2. The molecule has 18 heavy (non-hydrogen) atoms. The summed E-state index contributed by atoms with van der Waals surface area (Å²) in [7, 11) is 0. The van der Waals surface area contributed by atoms with Gasteiger partial charge in [0, 0.05) is 32.4 Å². The molecule has 1 unspecified atom stereocenters. The summed E-state index contributed by atoms with van der Waals surface area (Å²) < 4.78 is 0. The van der Waals surface area contributed by atoms with Gasteiger partial charge in [-0.3, -0.25) is 14.8 Å². The molecule has 0 aliphatic rings. The van der Waals surface area contributed by atoms with E-state index in [4.69, 9.17) is 5.11 Å². The Labute approximate surface area is 105 Å². The summed E-state index contributed by atoms with van der Waals surface area (Å²) >= 11 is 0. The Morgan fingerprint density at radius 3 is 2.61 bits per heavy atom. The second kappa shape index (κ2) is 6.65. The van der Waals surface area contributed by atoms with Crippen LogP contribution in [-0.4, -0.2) is 39.5 Å². The maximum atomic E-state index is 10.8. The van der Waals surface area contributed by atoms with E-state index in [1.807, 2.05) is 6.92 Å². The van der Waals surface area contributed by atoms with Crippen molar-refractivity contribution < 1.29 is 14.7 Å². The first-order chi connectivity index (χ1) is 8.49. The third kappa shape index (κ3) is 4.88. The van der Waals surface area contributed by atoms with Crippen molar-refractivity contribution in [3.63, 3.8) is 0 Å². The third-order valence-corrected chi connectivity index (χ3v) is 2.16. The van der Waals surface area contributed by atoms with Gasteiger partial charge in [-0.25, -0.2) is 4.79 Å². The van der Waals surface area contributed by atoms with E-state index >= 15 is 0 Å². The highest BCUT2D eigenvalue weighted by Gasteiger charge is 2.17. The molecule has 0 aliphatic carbocycles. The van der Waals surface area contributed by atoms with Gasteiger partial charge in [-0.05, 0) is 6.92 Å². The molecule has 1 atom stereocenters. The maximum Gasteiger partial charge on any atom is 0.327 e. The molecule has 1 rings (SSSR count). The van der Waals surface area contributed by atoms with E-state index in [0.717, 1.165) is 5.69 Å². The molecule has 7 nitrogen and oxygen atoms in total. The Balaban J connectivity index is 2.41. The fraction of sp³-hybridized carbons (Fsp3) is 0.455. The van der Waals surface area contributed by atoms with Crippen LogP contribution in [-0.2, 0) is 16.1 Å². The van der Waals surface area contributed by atoms with Crippen LogP contribution >= 0.6 is 0 Å². The quantitative estimate of drug-likeness (QED) is 0.628. The third-order valence-electron chi connectivity index (χ3n) is 2.16. The number of hydrogen-bond donors (Lipinski definition) is 3. The summed E-state index contributed by atoms with van der Waals surface area (Å²) in [5.74, 6) is -1.45. The Kier molecular flexibility index (Phi) is 5.19. The molecule has 0 saturated carbocycles. The van der Waals surface area contributed by atoms with Crippen molar-refractivity contribution in [1.82, 2.24) is 20.6 Å². The number of aromatic nitrogens is 2. The van der Waals surface area contributed by atoms with Crippen LogP contribution in [0.25, 0.3) is 0 Å². The summed E-state index contributed by atoms with van der Waals surface area (Å²) in [5.41, 5.74) is 1.54. The first-order valence-electron chi connectivity index (χ1n) is 5.47. The first kappa shape index (κ1) is 14.0. The van der Waals surface area contributed by atoms with Crippen LogP contribution < -0.4 is 10.6 Å². The number of hydrogen-bond acceptors (Lipinski definition) is 5. The zero-order chi connectivity index (χ0) is 13.5. The topological polar surface area (TPSA) is 104 Å². The van der Waals surface area contributed by atoms with Crippen molar-refractivity contribution in [1.29, 1.82) is 0 Å². The molecular weight excluding hydrogens is 236 g/mol. The molecular formula is C11H16N4O3. The Morgan fingerprint density at radius 1 is 1.39 bits per heavy atom. The van der Waals surface area contributed by atoms with Crippen LogP contribution in [0.2, 0.25) is 0 Å². The zero-order valence-electron chi connectivity index (χ0n) is 10.3. The minimum absolute atomic E-state index is 0.129. The SMILES string of the molecule is CC(=O)NC(CNCc1cnc(C)cn1)C(=O)O. The highest BCUT2D eigenvalue weighted by molar-refractivity contribution is 5.82. The number of carboxylic acid groups (broad SMARTS) is 1. The van der Waals surface area contributed by atoms with Crippen molar-refractivity contribution >= 4 is 11.9 Å². The van der Waals surface area contributed by atoms with Crippen LogP contribution in [0.3, 0.4) is 0 Å². The number of carboxylic acids is 1. The van der Waals surface area contributed by atoms with E-state index in [0.29, 0.717) is 12.2 Å². The van der Waals surface area contributed by atoms with Crippen molar-refractivity contribution in [2.24, 2.45) is 0 Å². The van der Waals surface area contributed by atoms with E-state index in [-0.39, 0.29) is 12.5 Å². The molecule has 0 bridgehead atoms. The molecule has 1 aromatic heterocycles. The van der Waals surface area contributed by atoms with Gasteiger partial charge in [-0.15, -0.1) is 0 Å². The molecule has 1 aromatic rings. The number of carbonyl (C=O) groups excluding carboxylic acids is 1. The Bertz CT molecular complexity index is 419. The highest BCUT2D eigenvalue weighted by Crippen LogP contribution is 1.93. The number of aliphatic carboxylic acids is 1. The van der Waals surface area contributed by atoms with E-state index in [2.05, 4.69) is 20.6 Å². The predicted octanol–water partition coefficient (Wildman–Crippen LogP) is -0.536. The lowest BCUT2D eigenvalue weighted by molar-refractivity contribution is -0.141. The van der Waals surface area contributed by atoms with E-state index in [1.54, 1.807) is 12.4 Å². The van der Waals surface area contributed by atoms with E-state index in [9.17, 15) is 9.59 Å². The number of nitrogens with one attached hydrogen (secondary N) is 2. The fourth-order valence-corrected chi connectivity index (χ4v) is 1.30. The summed E-state index contributed by atoms with van der Waals surface area (Å²) in [6.45, 7) is 3.64. The van der Waals surface area contributed by atoms with Gasteiger partial charge in [0.05, 0.1) is 11.4 Å². The fourth-order valence-electron chi connectivity index (χ4n) is 1.30. The number of aryl methyl sites for hydroxylation is 1. The average molecular weight is 252 g/mol. The first-order valence-corrected chi connectivity index (χ1v) is 5.47. The van der Waals surface area contributed by atoms with Crippen LogP contribution in [0, 0.1) is 6.92 Å². The molecule has 98 valence electrons. The van der Waals surface area contributed by atoms with Crippen LogP contribution in [0.1, 0.15) is 18.3 Å². The number of rotatable bonds is 6. The molecule has 0 saturated heterocycles. The lowest BCUT2D eigenvalue weighted by Gasteiger charge is -2.13. The Morgan fingerprint density at radius 2 is 2.11 bits per heavy atom. The van der Waals surface area contributed by atoms with Crippen LogP contribution in [0.15, 0.2) is 12.4 Å². The van der Waals surface area contributed by atoms with Crippen molar-refractivity contribution in [3.8, 4) is 0 Å². The van der Waals surface area contributed by atoms with Gasteiger partial charge >= 0.3 is 5.97 Å². The molecule has 0 fully saturated rings. The second-order valence-electron chi connectivity index (χ2n) is 3.87. The van der Waals surface area contributed by atoms with Crippen molar-refractivity contribution in [3.05, 3.63) is 23.8 Å². The normalized spacial score (nSPS) is 11.9. The van der Waals surface area contributed by atoms with Crippen LogP contribution in [0.5, 0.6) is 0 Å². The van der Waals surface area contributed by atoms with Gasteiger partial charge in [-0.2, -0.15) is 0 Å². The summed E-state index contributed by atoms with van der Waals surface area (Å²) in [6.07, 6.45) is 3.26. The van der Waals surface area contributed by atoms with Gasteiger partial charge in [0.25, 0.3) is 0 Å². The summed E-state index contributed by atoms with van der Waals surface area (Å²) in [4.78, 5) is 29.8. The molecule has 0 aliphatic heterocycles. The molecule has 1 amide bonds. The molecule has 1 heterocycles. The minimum atomic E-state index is -1.08. The van der Waals surface area contributed by atoms with Crippen LogP contribution in [0.4, 0.5) is 0 Å². The largest absolute Gasteiger partial charge is 0.480 e. The lowest BCUT2D eigenvalue weighted by Crippen LogP contribution is -2.46. The summed E-state index contributed by atoms with van der Waals surface area (Å²) in [6, 6.07) is -0.944. The zero-order valence-corrected chi connectivity index (χ0v) is 10.3. The van der Waals surface area contributed by atoms with Crippen molar-refractivity contribution in [2.75, 3.05) is 6.54 Å². The molecule has 0 aromatic carbocycles. The minimum Gasteiger partial charge on any atom is -0.480 e. The maximum absolute atomic E-state index is 10.8. The van der Waals surface area contributed by atoms with Gasteiger partial charge in [0.1, 0.15) is 6.04 Å². The second-order valence-corrected chi connectivity index (χ2v) is 3.87. The monoisotopic (exact) mass is 252 g/mol. The van der Waals surface area contributed by atoms with Gasteiger partial charge in [0.15, 0.2) is 0 Å². The average Bonchev–Trinajstić information content (AvgIpc) is 2.29. The Hall–Kier alpha value is -2.02. The molecule has 0 spiro atoms. The van der Waals surface area contributed by atoms with Gasteiger partial charge in [0.2, 0.25) is 5.91 Å². The lowest BCUT2D eigenvalue weighted by atomic mass is 10.3. The van der Waals surface area contributed by atoms with E-state index in [1.165, 1.54) is 6.92 Å². The number of nitrogens with zero attached hydrogens (tertiary/aromatic N) is 2. The summed E-state index contributed by atoms with van der Waals surface area (Å²) in [5, 5.41) is 14.1. The van der Waals surface area contributed by atoms with Crippen molar-refractivity contribution in [2.45, 2.75) is 26.4 Å². The van der Waals surface area contributed by atoms with Gasteiger partial charge in [-0.1, -0.05) is 0 Å². The standard InChI is InChI=1S/C11H16N4O3/c1-7-3-14-9(5-13-7)4-12-6-10(11(17)18)15-8(2)16/h3,5,10,12H,4,6H2,1-2H3,(H,15,16)(H,17,18). The molecule has 3 N–H and O–H groups in total. The number of amides is 1. The van der Waals surface area contributed by atoms with E-state index < -0.39 is 12.0 Å². The molecule has 0 radical (unpaired) electrons.